The minimum absolute atomic E-state index is 0.0399. The first-order valence-electron chi connectivity index (χ1n) is 3.97. The Morgan fingerprint density at radius 2 is 2.00 bits per heavy atom. The van der Waals surface area contributed by atoms with Crippen LogP contribution in [0.5, 0.6) is 0 Å². The summed E-state index contributed by atoms with van der Waals surface area (Å²) in [5, 5.41) is 0. The topological polar surface area (TPSA) is 72.6 Å². The molecule has 84 valence electrons. The maximum Gasteiger partial charge on any atom is 0.264 e. The number of nitrogens with two attached hydrogens (primary N) is 1. The predicted octanol–water partition coefficient (Wildman–Crippen LogP) is 0.590. The van der Waals surface area contributed by atoms with Crippen molar-refractivity contribution in [2.24, 2.45) is 0 Å². The monoisotopic (exact) mass is 234 g/mol. The van der Waals surface area contributed by atoms with Gasteiger partial charge < -0.3 is 5.73 Å². The summed E-state index contributed by atoms with van der Waals surface area (Å²) in [5.41, 5.74) is 5.37. The number of hydrogen-bond acceptors (Lipinski definition) is 4. The highest BCUT2D eigenvalue weighted by Crippen LogP contribution is 2.18. The number of hydroxylamine groups is 1. The molecule has 0 bridgehead atoms. The third-order valence-electron chi connectivity index (χ3n) is 1.79. The summed E-state index contributed by atoms with van der Waals surface area (Å²) < 4.78 is 36.8. The van der Waals surface area contributed by atoms with Crippen molar-refractivity contribution in [1.82, 2.24) is 4.47 Å². The van der Waals surface area contributed by atoms with Crippen LogP contribution >= 0.6 is 0 Å². The first-order chi connectivity index (χ1) is 6.87. The molecule has 1 rings (SSSR count). The summed E-state index contributed by atoms with van der Waals surface area (Å²) >= 11 is 0. The van der Waals surface area contributed by atoms with Crippen LogP contribution in [0.25, 0.3) is 0 Å². The van der Waals surface area contributed by atoms with E-state index in [1.54, 1.807) is 0 Å². The van der Waals surface area contributed by atoms with Crippen LogP contribution in [0.1, 0.15) is 0 Å². The summed E-state index contributed by atoms with van der Waals surface area (Å²) in [5.74, 6) is -0.710. The fourth-order valence-corrected chi connectivity index (χ4v) is 2.02. The molecule has 0 spiro atoms. The first-order valence-corrected chi connectivity index (χ1v) is 5.41. The smallest absolute Gasteiger partial charge is 0.264 e. The summed E-state index contributed by atoms with van der Waals surface area (Å²) in [4.78, 5) is 4.29. The number of rotatable bonds is 3. The van der Waals surface area contributed by atoms with Gasteiger partial charge in [-0.05, 0) is 18.2 Å². The molecule has 0 atom stereocenters. The van der Waals surface area contributed by atoms with Crippen molar-refractivity contribution in [3.63, 3.8) is 0 Å². The van der Waals surface area contributed by atoms with Gasteiger partial charge in [0.25, 0.3) is 10.0 Å². The molecule has 0 saturated heterocycles. The van der Waals surface area contributed by atoms with Gasteiger partial charge in [0.2, 0.25) is 0 Å². The summed E-state index contributed by atoms with van der Waals surface area (Å²) in [6.07, 6.45) is 0. The largest absolute Gasteiger partial charge is 0.399 e. The molecule has 0 aliphatic heterocycles. The molecule has 7 heteroatoms. The van der Waals surface area contributed by atoms with E-state index < -0.39 is 15.8 Å². The Morgan fingerprint density at radius 1 is 1.40 bits per heavy atom. The van der Waals surface area contributed by atoms with Gasteiger partial charge in [0, 0.05) is 12.7 Å². The van der Waals surface area contributed by atoms with E-state index in [-0.39, 0.29) is 10.6 Å². The van der Waals surface area contributed by atoms with Crippen LogP contribution in [0.15, 0.2) is 23.1 Å². The molecule has 2 N–H and O–H groups in total. The minimum atomic E-state index is -3.84. The second kappa shape index (κ2) is 4.13. The highest BCUT2D eigenvalue weighted by atomic mass is 32.2. The fraction of sp³-hybridized carbons (Fsp3) is 0.250. The SMILES string of the molecule is CON(C)S(=O)(=O)c1cc(N)cc(F)c1. The van der Waals surface area contributed by atoms with Crippen LogP contribution in [0.3, 0.4) is 0 Å². The predicted molar refractivity (Wildman–Crippen MR) is 52.8 cm³/mol. The van der Waals surface area contributed by atoms with E-state index in [0.29, 0.717) is 4.47 Å². The molecule has 0 unspecified atom stereocenters. The van der Waals surface area contributed by atoms with Crippen molar-refractivity contribution in [1.29, 1.82) is 0 Å². The zero-order valence-electron chi connectivity index (χ0n) is 8.27. The van der Waals surface area contributed by atoms with Gasteiger partial charge in [-0.3, -0.25) is 4.84 Å². The van der Waals surface area contributed by atoms with E-state index in [9.17, 15) is 12.8 Å². The molecule has 1 aromatic carbocycles. The van der Waals surface area contributed by atoms with Crippen LogP contribution in [0, 0.1) is 5.82 Å². The Labute approximate surface area is 87.3 Å². The van der Waals surface area contributed by atoms with Crippen molar-refractivity contribution in [3.05, 3.63) is 24.0 Å². The average Bonchev–Trinajstić information content (AvgIpc) is 2.15. The van der Waals surface area contributed by atoms with Gasteiger partial charge in [0.1, 0.15) is 5.82 Å². The number of nitrogens with zero attached hydrogens (tertiary/aromatic N) is 1. The van der Waals surface area contributed by atoms with Crippen LogP contribution in [-0.2, 0) is 14.9 Å². The molecular formula is C8H11FN2O3S. The van der Waals surface area contributed by atoms with Gasteiger partial charge >= 0.3 is 0 Å². The van der Waals surface area contributed by atoms with Gasteiger partial charge in [-0.25, -0.2) is 12.8 Å². The molecule has 15 heavy (non-hydrogen) atoms. The van der Waals surface area contributed by atoms with Gasteiger partial charge in [0.05, 0.1) is 12.0 Å². The molecule has 1 aromatic rings. The second-order valence-corrected chi connectivity index (χ2v) is 4.75. The third kappa shape index (κ3) is 2.44. The Balaban J connectivity index is 3.27. The highest BCUT2D eigenvalue weighted by molar-refractivity contribution is 7.89. The molecule has 0 aliphatic rings. The maximum atomic E-state index is 12.9. The number of anilines is 1. The van der Waals surface area contributed by atoms with Crippen molar-refractivity contribution >= 4 is 15.7 Å². The Bertz CT molecular complexity index is 441. The maximum absolute atomic E-state index is 12.9. The molecule has 0 heterocycles. The number of hydrogen-bond donors (Lipinski definition) is 1. The summed E-state index contributed by atoms with van der Waals surface area (Å²) in [6.45, 7) is 0. The molecule has 0 radical (unpaired) electrons. The van der Waals surface area contributed by atoms with Crippen molar-refractivity contribution in [2.75, 3.05) is 19.9 Å². The Hall–Kier alpha value is -1.18. The zero-order valence-corrected chi connectivity index (χ0v) is 9.08. The van der Waals surface area contributed by atoms with Crippen molar-refractivity contribution in [3.8, 4) is 0 Å². The average molecular weight is 234 g/mol. The molecule has 0 aromatic heterocycles. The second-order valence-electron chi connectivity index (χ2n) is 2.82. The van der Waals surface area contributed by atoms with E-state index in [4.69, 9.17) is 5.73 Å². The van der Waals surface area contributed by atoms with Crippen LogP contribution in [0.2, 0.25) is 0 Å². The number of sulfonamides is 1. The van der Waals surface area contributed by atoms with E-state index in [0.717, 1.165) is 18.2 Å². The van der Waals surface area contributed by atoms with E-state index in [2.05, 4.69) is 4.84 Å². The van der Waals surface area contributed by atoms with Crippen LogP contribution in [0.4, 0.5) is 10.1 Å². The lowest BCUT2D eigenvalue weighted by Gasteiger charge is -2.14. The van der Waals surface area contributed by atoms with Gasteiger partial charge in [-0.1, -0.05) is 4.47 Å². The lowest BCUT2D eigenvalue weighted by atomic mass is 10.3. The van der Waals surface area contributed by atoms with Gasteiger partial charge in [0.15, 0.2) is 0 Å². The number of halogens is 1. The normalized spacial score (nSPS) is 12.0. The van der Waals surface area contributed by atoms with Crippen molar-refractivity contribution in [2.45, 2.75) is 4.90 Å². The highest BCUT2D eigenvalue weighted by Gasteiger charge is 2.21. The fourth-order valence-electron chi connectivity index (χ4n) is 0.980. The molecule has 0 saturated carbocycles. The van der Waals surface area contributed by atoms with E-state index in [1.807, 2.05) is 0 Å². The summed E-state index contributed by atoms with van der Waals surface area (Å²) in [6, 6.07) is 3.07. The lowest BCUT2D eigenvalue weighted by Crippen LogP contribution is -2.25. The number of nitrogen functional groups attached to an aromatic ring is 1. The molecule has 0 amide bonds. The number of benzene rings is 1. The lowest BCUT2D eigenvalue weighted by molar-refractivity contribution is -0.0258. The zero-order chi connectivity index (χ0) is 11.6. The summed E-state index contributed by atoms with van der Waals surface area (Å²) in [7, 11) is -1.44. The van der Waals surface area contributed by atoms with Gasteiger partial charge in [-0.15, -0.1) is 0 Å². The Kier molecular flexibility index (Phi) is 3.28. The van der Waals surface area contributed by atoms with E-state index in [1.165, 1.54) is 14.2 Å². The van der Waals surface area contributed by atoms with Crippen molar-refractivity contribution < 1.29 is 17.6 Å². The minimum Gasteiger partial charge on any atom is -0.399 e. The quantitative estimate of drug-likeness (QED) is 0.613. The molecule has 5 nitrogen and oxygen atoms in total. The van der Waals surface area contributed by atoms with E-state index >= 15 is 0 Å². The van der Waals surface area contributed by atoms with Crippen LogP contribution < -0.4 is 5.73 Å². The standard InChI is InChI=1S/C8H11FN2O3S/c1-11(14-2)15(12,13)8-4-6(9)3-7(10)5-8/h3-5H,10H2,1-2H3. The molecule has 0 aliphatic carbocycles. The van der Waals surface area contributed by atoms with Crippen LogP contribution in [-0.4, -0.2) is 27.0 Å². The van der Waals surface area contributed by atoms with Gasteiger partial charge in [-0.2, -0.15) is 0 Å². The third-order valence-corrected chi connectivity index (χ3v) is 3.44. The molecule has 0 fully saturated rings. The molecular weight excluding hydrogens is 223 g/mol. The Morgan fingerprint density at radius 3 is 2.47 bits per heavy atom. The first kappa shape index (κ1) is 11.9.